The van der Waals surface area contributed by atoms with Gasteiger partial charge in [-0.2, -0.15) is 0 Å². The average Bonchev–Trinajstić information content (AvgIpc) is 3.15. The zero-order chi connectivity index (χ0) is 14.1. The molecule has 1 aromatic heterocycles. The van der Waals surface area contributed by atoms with E-state index in [1.165, 1.54) is 27.9 Å². The van der Waals surface area contributed by atoms with Gasteiger partial charge in [-0.15, -0.1) is 0 Å². The van der Waals surface area contributed by atoms with E-state index in [0.717, 1.165) is 13.0 Å². The van der Waals surface area contributed by atoms with Gasteiger partial charge in [-0.3, -0.25) is 0 Å². The molecule has 104 valence electrons. The van der Waals surface area contributed by atoms with Crippen LogP contribution < -0.4 is 5.32 Å². The average molecular weight is 275 g/mol. The first-order valence-electron chi connectivity index (χ1n) is 7.32. The van der Waals surface area contributed by atoms with Gasteiger partial charge in [-0.05, 0) is 22.3 Å². The van der Waals surface area contributed by atoms with Crippen LogP contribution in [-0.2, 0) is 6.42 Å². The normalized spacial score (nSPS) is 13.1. The lowest BCUT2D eigenvalue weighted by Gasteiger charge is -2.15. The van der Waals surface area contributed by atoms with Crippen LogP contribution in [0.25, 0.3) is 11.1 Å². The number of imidazole rings is 1. The quantitative estimate of drug-likeness (QED) is 0.767. The van der Waals surface area contributed by atoms with Crippen molar-refractivity contribution >= 4 is 0 Å². The van der Waals surface area contributed by atoms with Crippen LogP contribution in [0, 0.1) is 0 Å². The van der Waals surface area contributed by atoms with E-state index in [2.05, 4.69) is 63.8 Å². The van der Waals surface area contributed by atoms with Crippen molar-refractivity contribution in [3.8, 4) is 11.1 Å². The van der Waals surface area contributed by atoms with Crippen molar-refractivity contribution < 1.29 is 0 Å². The standard InChI is InChI=1S/C18H17N3/c1-3-7-16-14(5-1)15-6-2-4-8-17(15)18(16)20-10-9-13-11-19-12-21-13/h1-8,11-12,18,20H,9-10H2,(H,19,21). The minimum absolute atomic E-state index is 0.292. The predicted octanol–water partition coefficient (Wildman–Crippen LogP) is 3.31. The second kappa shape index (κ2) is 5.19. The van der Waals surface area contributed by atoms with Crippen LogP contribution in [0.5, 0.6) is 0 Å². The highest BCUT2D eigenvalue weighted by Crippen LogP contribution is 2.42. The highest BCUT2D eigenvalue weighted by molar-refractivity contribution is 5.78. The summed E-state index contributed by atoms with van der Waals surface area (Å²) in [5.41, 5.74) is 6.63. The van der Waals surface area contributed by atoms with E-state index >= 15 is 0 Å². The molecular formula is C18H17N3. The van der Waals surface area contributed by atoms with Crippen molar-refractivity contribution in [2.45, 2.75) is 12.5 Å². The second-order valence-electron chi connectivity index (χ2n) is 5.39. The summed E-state index contributed by atoms with van der Waals surface area (Å²) in [7, 11) is 0. The summed E-state index contributed by atoms with van der Waals surface area (Å²) in [5, 5.41) is 3.68. The Hall–Kier alpha value is -2.39. The fraction of sp³-hybridized carbons (Fsp3) is 0.167. The van der Waals surface area contributed by atoms with E-state index < -0.39 is 0 Å². The zero-order valence-corrected chi connectivity index (χ0v) is 11.7. The molecule has 0 radical (unpaired) electrons. The Morgan fingerprint density at radius 2 is 1.62 bits per heavy atom. The predicted molar refractivity (Wildman–Crippen MR) is 84.0 cm³/mol. The van der Waals surface area contributed by atoms with Gasteiger partial charge in [-0.1, -0.05) is 48.5 Å². The smallest absolute Gasteiger partial charge is 0.0921 e. The van der Waals surface area contributed by atoms with E-state index in [1.54, 1.807) is 6.33 Å². The van der Waals surface area contributed by atoms with Gasteiger partial charge in [0.2, 0.25) is 0 Å². The Kier molecular flexibility index (Phi) is 3.05. The van der Waals surface area contributed by atoms with Crippen LogP contribution in [0.1, 0.15) is 22.9 Å². The van der Waals surface area contributed by atoms with Crippen LogP contribution >= 0.6 is 0 Å². The van der Waals surface area contributed by atoms with Gasteiger partial charge >= 0.3 is 0 Å². The molecular weight excluding hydrogens is 258 g/mol. The van der Waals surface area contributed by atoms with E-state index in [1.807, 2.05) is 6.20 Å². The Morgan fingerprint density at radius 3 is 2.24 bits per heavy atom. The zero-order valence-electron chi connectivity index (χ0n) is 11.7. The van der Waals surface area contributed by atoms with Gasteiger partial charge < -0.3 is 10.3 Å². The summed E-state index contributed by atoms with van der Waals surface area (Å²) >= 11 is 0. The van der Waals surface area contributed by atoms with E-state index in [0.29, 0.717) is 6.04 Å². The number of rotatable bonds is 4. The van der Waals surface area contributed by atoms with Crippen LogP contribution in [0.4, 0.5) is 0 Å². The molecule has 2 aromatic carbocycles. The minimum atomic E-state index is 0.292. The number of aromatic amines is 1. The van der Waals surface area contributed by atoms with Crippen molar-refractivity contribution in [2.24, 2.45) is 0 Å². The molecule has 2 N–H and O–H groups in total. The lowest BCUT2D eigenvalue weighted by Crippen LogP contribution is -2.23. The van der Waals surface area contributed by atoms with Gasteiger partial charge in [-0.25, -0.2) is 4.98 Å². The lowest BCUT2D eigenvalue weighted by molar-refractivity contribution is 0.612. The van der Waals surface area contributed by atoms with Gasteiger partial charge in [0, 0.05) is 24.9 Å². The second-order valence-corrected chi connectivity index (χ2v) is 5.39. The maximum absolute atomic E-state index is 4.06. The van der Waals surface area contributed by atoms with Gasteiger partial charge in [0.15, 0.2) is 0 Å². The van der Waals surface area contributed by atoms with Crippen LogP contribution in [0.3, 0.4) is 0 Å². The van der Waals surface area contributed by atoms with Gasteiger partial charge in [0.05, 0.1) is 12.4 Å². The SMILES string of the molecule is c1ccc2c(c1)-c1ccccc1C2NCCc1cnc[nH]1. The van der Waals surface area contributed by atoms with Crippen LogP contribution in [-0.4, -0.2) is 16.5 Å². The number of nitrogens with zero attached hydrogens (tertiary/aromatic N) is 1. The van der Waals surface area contributed by atoms with Crippen LogP contribution in [0.2, 0.25) is 0 Å². The number of nitrogens with one attached hydrogen (secondary N) is 2. The van der Waals surface area contributed by atoms with E-state index in [-0.39, 0.29) is 0 Å². The minimum Gasteiger partial charge on any atom is -0.348 e. The Labute approximate surface area is 124 Å². The van der Waals surface area contributed by atoms with Crippen molar-refractivity contribution in [1.29, 1.82) is 0 Å². The Bertz CT molecular complexity index is 701. The summed E-state index contributed by atoms with van der Waals surface area (Å²) < 4.78 is 0. The maximum atomic E-state index is 4.06. The third kappa shape index (κ3) is 2.16. The first kappa shape index (κ1) is 12.4. The highest BCUT2D eigenvalue weighted by atomic mass is 14.9. The monoisotopic (exact) mass is 275 g/mol. The molecule has 0 amide bonds. The number of hydrogen-bond donors (Lipinski definition) is 2. The first-order valence-corrected chi connectivity index (χ1v) is 7.32. The largest absolute Gasteiger partial charge is 0.348 e. The summed E-state index contributed by atoms with van der Waals surface area (Å²) in [4.78, 5) is 7.21. The molecule has 1 aliphatic rings. The molecule has 0 unspecified atom stereocenters. The fourth-order valence-corrected chi connectivity index (χ4v) is 3.15. The van der Waals surface area contributed by atoms with Crippen LogP contribution in [0.15, 0.2) is 61.1 Å². The molecule has 0 saturated heterocycles. The summed E-state index contributed by atoms with van der Waals surface area (Å²) in [5.74, 6) is 0. The number of benzene rings is 2. The summed E-state index contributed by atoms with van der Waals surface area (Å²) in [6.07, 6.45) is 4.58. The third-order valence-electron chi connectivity index (χ3n) is 4.13. The molecule has 0 saturated carbocycles. The number of aromatic nitrogens is 2. The maximum Gasteiger partial charge on any atom is 0.0921 e. The molecule has 21 heavy (non-hydrogen) atoms. The molecule has 0 aliphatic heterocycles. The number of fused-ring (bicyclic) bond motifs is 3. The third-order valence-corrected chi connectivity index (χ3v) is 4.13. The molecule has 1 heterocycles. The molecule has 3 heteroatoms. The Balaban J connectivity index is 1.59. The number of H-pyrrole nitrogens is 1. The first-order chi connectivity index (χ1) is 10.4. The van der Waals surface area contributed by atoms with Crippen molar-refractivity contribution in [3.05, 3.63) is 77.9 Å². The van der Waals surface area contributed by atoms with E-state index in [9.17, 15) is 0 Å². The van der Waals surface area contributed by atoms with Crippen molar-refractivity contribution in [3.63, 3.8) is 0 Å². The molecule has 0 spiro atoms. The lowest BCUT2D eigenvalue weighted by atomic mass is 10.1. The molecule has 0 bridgehead atoms. The Morgan fingerprint density at radius 1 is 0.952 bits per heavy atom. The number of hydrogen-bond acceptors (Lipinski definition) is 2. The van der Waals surface area contributed by atoms with Crippen molar-refractivity contribution in [2.75, 3.05) is 6.54 Å². The molecule has 0 atom stereocenters. The topological polar surface area (TPSA) is 40.7 Å². The van der Waals surface area contributed by atoms with E-state index in [4.69, 9.17) is 0 Å². The molecule has 4 rings (SSSR count). The molecule has 3 nitrogen and oxygen atoms in total. The molecule has 3 aromatic rings. The molecule has 1 aliphatic carbocycles. The highest BCUT2D eigenvalue weighted by Gasteiger charge is 2.27. The van der Waals surface area contributed by atoms with Crippen molar-refractivity contribution in [1.82, 2.24) is 15.3 Å². The fourth-order valence-electron chi connectivity index (χ4n) is 3.15. The van der Waals surface area contributed by atoms with Gasteiger partial charge in [0.25, 0.3) is 0 Å². The summed E-state index contributed by atoms with van der Waals surface area (Å²) in [6, 6.07) is 17.6. The van der Waals surface area contributed by atoms with Gasteiger partial charge in [0.1, 0.15) is 0 Å². The molecule has 0 fully saturated rings. The summed E-state index contributed by atoms with van der Waals surface area (Å²) in [6.45, 7) is 0.926.